The van der Waals surface area contributed by atoms with E-state index < -0.39 is 47.1 Å². The van der Waals surface area contributed by atoms with E-state index in [2.05, 4.69) is 21.2 Å². The quantitative estimate of drug-likeness (QED) is 0.441. The lowest BCUT2D eigenvalue weighted by Crippen LogP contribution is -2.52. The summed E-state index contributed by atoms with van der Waals surface area (Å²) in [7, 11) is 0. The fraction of sp³-hybridized carbons (Fsp3) is 0.440. The molecule has 0 aromatic heterocycles. The van der Waals surface area contributed by atoms with E-state index in [0.29, 0.717) is 17.5 Å². The molecule has 1 fully saturated rings. The van der Waals surface area contributed by atoms with Gasteiger partial charge in [-0.15, -0.1) is 0 Å². The predicted octanol–water partition coefficient (Wildman–Crippen LogP) is 6.44. The number of rotatable bonds is 3. The van der Waals surface area contributed by atoms with Crippen molar-refractivity contribution in [3.8, 4) is 0 Å². The Bertz CT molecular complexity index is 1110. The highest BCUT2D eigenvalue weighted by molar-refractivity contribution is 9.10. The summed E-state index contributed by atoms with van der Waals surface area (Å²) in [5.74, 6) is -1.61. The minimum Gasteiger partial charge on any atom is -0.444 e. The average molecular weight is 559 g/mol. The van der Waals surface area contributed by atoms with Gasteiger partial charge in [0.2, 0.25) is 0 Å². The number of benzene rings is 2. The summed E-state index contributed by atoms with van der Waals surface area (Å²) < 4.78 is 59.6. The van der Waals surface area contributed by atoms with Crippen LogP contribution < -0.4 is 5.32 Å². The van der Waals surface area contributed by atoms with Crippen LogP contribution >= 0.6 is 15.9 Å². The van der Waals surface area contributed by atoms with E-state index in [1.54, 1.807) is 39.8 Å². The maximum atomic E-state index is 14.4. The molecular formula is C25H27BrF4N2O3. The second kappa shape index (κ2) is 10.2. The summed E-state index contributed by atoms with van der Waals surface area (Å²) in [5.41, 5.74) is -0.798. The first-order valence-corrected chi connectivity index (χ1v) is 11.9. The Morgan fingerprint density at radius 1 is 1.11 bits per heavy atom. The topological polar surface area (TPSA) is 58.6 Å². The SMILES string of the molecule is Cc1ccc([C@@H]2CN(C(=O)OC(C)(C)C)CC[C@H]2NC(=O)c2cc(Br)cc(C(F)(F)F)c2)cc1F. The van der Waals surface area contributed by atoms with E-state index in [-0.39, 0.29) is 23.1 Å². The van der Waals surface area contributed by atoms with Crippen molar-refractivity contribution in [2.45, 2.75) is 57.9 Å². The highest BCUT2D eigenvalue weighted by Crippen LogP contribution is 2.33. The zero-order chi connectivity index (χ0) is 26.1. The third kappa shape index (κ3) is 6.96. The molecule has 2 aromatic rings. The molecule has 0 bridgehead atoms. The van der Waals surface area contributed by atoms with Gasteiger partial charge in [0.1, 0.15) is 11.4 Å². The van der Waals surface area contributed by atoms with Crippen molar-refractivity contribution in [3.05, 3.63) is 68.9 Å². The minimum absolute atomic E-state index is 0.120. The molecule has 2 amide bonds. The third-order valence-corrected chi connectivity index (χ3v) is 6.15. The fourth-order valence-corrected chi connectivity index (χ4v) is 4.42. The van der Waals surface area contributed by atoms with Gasteiger partial charge >= 0.3 is 12.3 Å². The lowest BCUT2D eigenvalue weighted by Gasteiger charge is -2.39. The Hall–Kier alpha value is -2.62. The normalized spacial score (nSPS) is 18.8. The standard InChI is InChI=1S/C25H27BrF4N2O3/c1-14-5-6-15(11-20(14)27)19-13-32(23(34)35-24(2,3)4)8-7-21(19)31-22(33)16-9-17(25(28,29)30)12-18(26)10-16/h5-6,9-12,19,21H,7-8,13H2,1-4H3,(H,31,33)/t19-,21+/m0/s1. The minimum atomic E-state index is -4.61. The molecular weight excluding hydrogens is 532 g/mol. The number of carbonyl (C=O) groups is 2. The van der Waals surface area contributed by atoms with Gasteiger partial charge in [0.05, 0.1) is 5.56 Å². The van der Waals surface area contributed by atoms with Crippen LogP contribution in [0, 0.1) is 12.7 Å². The van der Waals surface area contributed by atoms with Crippen molar-refractivity contribution in [3.63, 3.8) is 0 Å². The molecule has 1 aliphatic heterocycles. The van der Waals surface area contributed by atoms with Crippen LogP contribution in [-0.4, -0.2) is 41.6 Å². The van der Waals surface area contributed by atoms with Gasteiger partial charge in [-0.2, -0.15) is 13.2 Å². The molecule has 5 nitrogen and oxygen atoms in total. The lowest BCUT2D eigenvalue weighted by atomic mass is 9.85. The smallest absolute Gasteiger partial charge is 0.416 e. The van der Waals surface area contributed by atoms with Crippen LogP contribution in [0.3, 0.4) is 0 Å². The van der Waals surface area contributed by atoms with Crippen LogP contribution in [0.2, 0.25) is 0 Å². The maximum absolute atomic E-state index is 14.4. The zero-order valence-electron chi connectivity index (χ0n) is 19.8. The Kier molecular flexibility index (Phi) is 7.83. The van der Waals surface area contributed by atoms with Gasteiger partial charge in [-0.1, -0.05) is 28.1 Å². The zero-order valence-corrected chi connectivity index (χ0v) is 21.4. The summed E-state index contributed by atoms with van der Waals surface area (Å²) in [4.78, 5) is 27.1. The Morgan fingerprint density at radius 2 is 1.80 bits per heavy atom. The Balaban J connectivity index is 1.88. The average Bonchev–Trinajstić information content (AvgIpc) is 2.73. The van der Waals surface area contributed by atoms with Crippen molar-refractivity contribution in [2.75, 3.05) is 13.1 Å². The molecule has 3 rings (SSSR count). The first kappa shape index (κ1) is 27.0. The van der Waals surface area contributed by atoms with E-state index >= 15 is 0 Å². The van der Waals surface area contributed by atoms with E-state index in [1.807, 2.05) is 0 Å². The number of aryl methyl sites for hydroxylation is 1. The molecule has 1 heterocycles. The molecule has 190 valence electrons. The highest BCUT2D eigenvalue weighted by atomic mass is 79.9. The van der Waals surface area contributed by atoms with Crippen LogP contribution in [0.1, 0.15) is 60.2 Å². The molecule has 0 saturated carbocycles. The van der Waals surface area contributed by atoms with Gasteiger partial charge in [0, 0.05) is 35.1 Å². The van der Waals surface area contributed by atoms with Crippen molar-refractivity contribution < 1.29 is 31.9 Å². The van der Waals surface area contributed by atoms with E-state index in [9.17, 15) is 27.2 Å². The van der Waals surface area contributed by atoms with Crippen LogP contribution in [0.15, 0.2) is 40.9 Å². The first-order valence-electron chi connectivity index (χ1n) is 11.1. The number of hydrogen-bond acceptors (Lipinski definition) is 3. The van der Waals surface area contributed by atoms with Crippen molar-refractivity contribution in [1.82, 2.24) is 10.2 Å². The number of ether oxygens (including phenoxy) is 1. The number of nitrogens with zero attached hydrogens (tertiary/aromatic N) is 1. The number of halogens is 5. The summed E-state index contributed by atoms with van der Waals surface area (Å²) in [6.07, 6.45) is -4.83. The molecule has 1 N–H and O–H groups in total. The molecule has 0 radical (unpaired) electrons. The molecule has 2 atom stereocenters. The van der Waals surface area contributed by atoms with Gasteiger partial charge in [-0.3, -0.25) is 4.79 Å². The lowest BCUT2D eigenvalue weighted by molar-refractivity contribution is -0.137. The largest absolute Gasteiger partial charge is 0.444 e. The number of nitrogens with one attached hydrogen (secondary N) is 1. The van der Waals surface area contributed by atoms with Gasteiger partial charge < -0.3 is 15.0 Å². The summed E-state index contributed by atoms with van der Waals surface area (Å²) in [6, 6.07) is 7.14. The van der Waals surface area contributed by atoms with Gasteiger partial charge in [-0.25, -0.2) is 9.18 Å². The van der Waals surface area contributed by atoms with Crippen molar-refractivity contribution in [1.29, 1.82) is 0 Å². The van der Waals surface area contributed by atoms with Crippen LogP contribution in [0.5, 0.6) is 0 Å². The summed E-state index contributed by atoms with van der Waals surface area (Å²) in [6.45, 7) is 7.27. The number of alkyl halides is 3. The number of likely N-dealkylation sites (tertiary alicyclic amines) is 1. The van der Waals surface area contributed by atoms with Gasteiger partial charge in [0.15, 0.2) is 0 Å². The van der Waals surface area contributed by atoms with Crippen LogP contribution in [0.4, 0.5) is 22.4 Å². The number of piperidine rings is 1. The molecule has 1 saturated heterocycles. The highest BCUT2D eigenvalue weighted by Gasteiger charge is 2.36. The number of amides is 2. The van der Waals surface area contributed by atoms with E-state index in [1.165, 1.54) is 17.0 Å². The number of carbonyl (C=O) groups excluding carboxylic acids is 2. The van der Waals surface area contributed by atoms with Crippen molar-refractivity contribution in [2.24, 2.45) is 0 Å². The second-order valence-electron chi connectivity index (χ2n) is 9.64. The molecule has 2 aromatic carbocycles. The molecule has 0 unspecified atom stereocenters. The molecule has 0 spiro atoms. The van der Waals surface area contributed by atoms with Gasteiger partial charge in [0.25, 0.3) is 5.91 Å². The molecule has 1 aliphatic rings. The van der Waals surface area contributed by atoms with Crippen LogP contribution in [0.25, 0.3) is 0 Å². The predicted molar refractivity (Wildman–Crippen MR) is 127 cm³/mol. The van der Waals surface area contributed by atoms with Crippen molar-refractivity contribution >= 4 is 27.9 Å². The summed E-state index contributed by atoms with van der Waals surface area (Å²) >= 11 is 3.03. The number of hydrogen-bond donors (Lipinski definition) is 1. The summed E-state index contributed by atoms with van der Waals surface area (Å²) in [5, 5.41) is 2.80. The first-order chi connectivity index (χ1) is 16.1. The third-order valence-electron chi connectivity index (χ3n) is 5.69. The monoisotopic (exact) mass is 558 g/mol. The van der Waals surface area contributed by atoms with Gasteiger partial charge in [-0.05, 0) is 69.5 Å². The van der Waals surface area contributed by atoms with E-state index in [4.69, 9.17) is 4.74 Å². The molecule has 35 heavy (non-hydrogen) atoms. The second-order valence-corrected chi connectivity index (χ2v) is 10.6. The van der Waals surface area contributed by atoms with E-state index in [0.717, 1.165) is 12.1 Å². The van der Waals surface area contributed by atoms with Crippen LogP contribution in [-0.2, 0) is 10.9 Å². The molecule has 0 aliphatic carbocycles. The fourth-order valence-electron chi connectivity index (χ4n) is 3.93. The molecule has 10 heteroatoms. The maximum Gasteiger partial charge on any atom is 0.416 e. The Morgan fingerprint density at radius 3 is 2.40 bits per heavy atom. The Labute approximate surface area is 210 Å².